The normalized spacial score (nSPS) is 10.9. The zero-order valence-corrected chi connectivity index (χ0v) is 18.0. The molecule has 32 heavy (non-hydrogen) atoms. The molecule has 0 aliphatic rings. The average molecular weight is 424 g/mol. The summed E-state index contributed by atoms with van der Waals surface area (Å²) in [6, 6.07) is 27.7. The van der Waals surface area contributed by atoms with Gasteiger partial charge in [0, 0.05) is 11.1 Å². The number of nitrogens with zero attached hydrogens (tertiary/aromatic N) is 4. The summed E-state index contributed by atoms with van der Waals surface area (Å²) in [7, 11) is 0. The van der Waals surface area contributed by atoms with Crippen LogP contribution < -0.4 is 10.2 Å². The van der Waals surface area contributed by atoms with Crippen molar-refractivity contribution >= 4 is 12.2 Å². The third kappa shape index (κ3) is 5.55. The summed E-state index contributed by atoms with van der Waals surface area (Å²) in [6.07, 6.45) is 3.88. The fourth-order valence-corrected chi connectivity index (χ4v) is 3.11. The molecule has 1 aromatic heterocycles. The summed E-state index contributed by atoms with van der Waals surface area (Å²) < 4.78 is 5.69. The Balaban J connectivity index is 1.51. The smallest absolute Gasteiger partial charge is 0.263 e. The third-order valence-corrected chi connectivity index (χ3v) is 4.81. The molecule has 0 saturated heterocycles. The van der Waals surface area contributed by atoms with Crippen LogP contribution >= 0.6 is 0 Å². The number of hydrazone groups is 1. The highest BCUT2D eigenvalue weighted by atomic mass is 16.5. The maximum absolute atomic E-state index is 5.69. The molecule has 0 unspecified atom stereocenters. The fourth-order valence-electron chi connectivity index (χ4n) is 3.11. The monoisotopic (exact) mass is 423 g/mol. The van der Waals surface area contributed by atoms with Crippen molar-refractivity contribution in [3.8, 4) is 28.3 Å². The minimum atomic E-state index is 0.333. The molecule has 0 aliphatic carbocycles. The third-order valence-electron chi connectivity index (χ3n) is 4.81. The topological polar surface area (TPSA) is 72.3 Å². The van der Waals surface area contributed by atoms with Crippen molar-refractivity contribution < 1.29 is 4.74 Å². The predicted octanol–water partition coefficient (Wildman–Crippen LogP) is 5.83. The molecule has 0 radical (unpaired) electrons. The van der Waals surface area contributed by atoms with E-state index in [1.165, 1.54) is 0 Å². The SMILES string of the molecule is CCCCOc1ccc(C=NNc2nnc(-c3ccccc3)c(-c3ccccc3)n2)cc1. The van der Waals surface area contributed by atoms with Gasteiger partial charge in [0.1, 0.15) is 17.1 Å². The van der Waals surface area contributed by atoms with E-state index in [0.717, 1.165) is 53.3 Å². The Bertz CT molecular complexity index is 1150. The lowest BCUT2D eigenvalue weighted by Gasteiger charge is -2.09. The average Bonchev–Trinajstić information content (AvgIpc) is 2.86. The molecule has 1 heterocycles. The first kappa shape index (κ1) is 21.2. The van der Waals surface area contributed by atoms with Gasteiger partial charge in [-0.2, -0.15) is 5.10 Å². The van der Waals surface area contributed by atoms with Crippen molar-refractivity contribution in [2.24, 2.45) is 5.10 Å². The Morgan fingerprint density at radius 2 is 1.47 bits per heavy atom. The Hall–Kier alpha value is -4.06. The van der Waals surface area contributed by atoms with Crippen LogP contribution in [0.25, 0.3) is 22.5 Å². The standard InChI is InChI=1S/C26H25N5O/c1-2-3-18-32-23-16-14-20(15-17-23)19-27-30-26-28-24(21-10-6-4-7-11-21)25(29-31-26)22-12-8-5-9-13-22/h4-17,19H,2-3,18H2,1H3,(H,28,30,31). The summed E-state index contributed by atoms with van der Waals surface area (Å²) in [5.74, 6) is 1.19. The minimum Gasteiger partial charge on any atom is -0.494 e. The van der Waals surface area contributed by atoms with E-state index in [2.05, 4.69) is 32.6 Å². The van der Waals surface area contributed by atoms with Crippen molar-refractivity contribution in [3.63, 3.8) is 0 Å². The van der Waals surface area contributed by atoms with Crippen LogP contribution in [0, 0.1) is 0 Å². The van der Waals surface area contributed by atoms with Crippen LogP contribution in [0.4, 0.5) is 5.95 Å². The molecule has 0 aliphatic heterocycles. The van der Waals surface area contributed by atoms with E-state index in [9.17, 15) is 0 Å². The van der Waals surface area contributed by atoms with Gasteiger partial charge in [0.15, 0.2) is 0 Å². The number of hydrogen-bond acceptors (Lipinski definition) is 6. The first-order valence-electron chi connectivity index (χ1n) is 10.7. The highest BCUT2D eigenvalue weighted by Gasteiger charge is 2.13. The lowest BCUT2D eigenvalue weighted by molar-refractivity contribution is 0.309. The van der Waals surface area contributed by atoms with E-state index in [-0.39, 0.29) is 0 Å². The van der Waals surface area contributed by atoms with Gasteiger partial charge >= 0.3 is 0 Å². The number of hydrogen-bond donors (Lipinski definition) is 1. The van der Waals surface area contributed by atoms with Gasteiger partial charge in [-0.3, -0.25) is 0 Å². The van der Waals surface area contributed by atoms with Crippen LogP contribution in [0.5, 0.6) is 5.75 Å². The number of unbranched alkanes of at least 4 members (excludes halogenated alkanes) is 1. The molecule has 160 valence electrons. The Labute approximate surface area is 188 Å². The maximum atomic E-state index is 5.69. The van der Waals surface area contributed by atoms with E-state index >= 15 is 0 Å². The van der Waals surface area contributed by atoms with Crippen molar-refractivity contribution in [2.45, 2.75) is 19.8 Å². The highest BCUT2D eigenvalue weighted by molar-refractivity contribution is 5.80. The summed E-state index contributed by atoms with van der Waals surface area (Å²) in [6.45, 7) is 2.88. The van der Waals surface area contributed by atoms with Gasteiger partial charge in [0.05, 0.1) is 12.8 Å². The summed E-state index contributed by atoms with van der Waals surface area (Å²) in [4.78, 5) is 4.69. The van der Waals surface area contributed by atoms with Gasteiger partial charge in [-0.25, -0.2) is 10.4 Å². The molecule has 0 bridgehead atoms. The molecule has 4 rings (SSSR count). The number of ether oxygens (including phenoxy) is 1. The highest BCUT2D eigenvalue weighted by Crippen LogP contribution is 2.28. The molecular weight excluding hydrogens is 398 g/mol. The predicted molar refractivity (Wildman–Crippen MR) is 129 cm³/mol. The zero-order valence-electron chi connectivity index (χ0n) is 18.0. The number of nitrogens with one attached hydrogen (secondary N) is 1. The second-order valence-electron chi connectivity index (χ2n) is 7.21. The van der Waals surface area contributed by atoms with Gasteiger partial charge in [-0.1, -0.05) is 74.0 Å². The van der Waals surface area contributed by atoms with Gasteiger partial charge in [-0.05, 0) is 36.2 Å². The molecule has 3 aromatic carbocycles. The van der Waals surface area contributed by atoms with Gasteiger partial charge in [-0.15, -0.1) is 10.2 Å². The van der Waals surface area contributed by atoms with E-state index in [1.807, 2.05) is 84.9 Å². The summed E-state index contributed by atoms with van der Waals surface area (Å²) in [5, 5.41) is 12.9. The molecule has 1 N–H and O–H groups in total. The number of rotatable bonds is 9. The van der Waals surface area contributed by atoms with Crippen molar-refractivity contribution in [2.75, 3.05) is 12.0 Å². The zero-order chi connectivity index (χ0) is 22.0. The van der Waals surface area contributed by atoms with Crippen LogP contribution in [0.1, 0.15) is 25.3 Å². The Morgan fingerprint density at radius 3 is 2.12 bits per heavy atom. The number of anilines is 1. The maximum Gasteiger partial charge on any atom is 0.263 e. The molecule has 0 fully saturated rings. The quantitative estimate of drug-likeness (QED) is 0.208. The molecule has 6 nitrogen and oxygen atoms in total. The lowest BCUT2D eigenvalue weighted by Crippen LogP contribution is -2.03. The molecule has 0 atom stereocenters. The van der Waals surface area contributed by atoms with Crippen LogP contribution in [0.2, 0.25) is 0 Å². The first-order chi connectivity index (χ1) is 15.8. The van der Waals surface area contributed by atoms with Crippen LogP contribution in [-0.2, 0) is 0 Å². The molecular formula is C26H25N5O. The van der Waals surface area contributed by atoms with Crippen LogP contribution in [-0.4, -0.2) is 28.0 Å². The van der Waals surface area contributed by atoms with Gasteiger partial charge in [0.25, 0.3) is 5.95 Å². The van der Waals surface area contributed by atoms with Crippen molar-refractivity contribution in [3.05, 3.63) is 90.5 Å². The minimum absolute atomic E-state index is 0.333. The Kier molecular flexibility index (Phi) is 7.16. The number of benzene rings is 3. The van der Waals surface area contributed by atoms with Gasteiger partial charge in [0.2, 0.25) is 0 Å². The summed E-state index contributed by atoms with van der Waals surface area (Å²) in [5.41, 5.74) is 7.23. The van der Waals surface area contributed by atoms with Crippen LogP contribution in [0.3, 0.4) is 0 Å². The fraction of sp³-hybridized carbons (Fsp3) is 0.154. The Morgan fingerprint density at radius 1 is 0.812 bits per heavy atom. The van der Waals surface area contributed by atoms with E-state index < -0.39 is 0 Å². The lowest BCUT2D eigenvalue weighted by atomic mass is 10.0. The second kappa shape index (κ2) is 10.8. The summed E-state index contributed by atoms with van der Waals surface area (Å²) >= 11 is 0. The second-order valence-corrected chi connectivity index (χ2v) is 7.21. The number of aromatic nitrogens is 3. The molecule has 0 spiro atoms. The van der Waals surface area contributed by atoms with E-state index in [1.54, 1.807) is 6.21 Å². The van der Waals surface area contributed by atoms with Crippen molar-refractivity contribution in [1.29, 1.82) is 0 Å². The molecule has 0 saturated carbocycles. The van der Waals surface area contributed by atoms with Crippen molar-refractivity contribution in [1.82, 2.24) is 15.2 Å². The van der Waals surface area contributed by atoms with E-state index in [4.69, 9.17) is 4.74 Å². The first-order valence-corrected chi connectivity index (χ1v) is 10.7. The largest absolute Gasteiger partial charge is 0.494 e. The van der Waals surface area contributed by atoms with Crippen LogP contribution in [0.15, 0.2) is 90.0 Å². The molecule has 0 amide bonds. The molecule has 4 aromatic rings. The van der Waals surface area contributed by atoms with E-state index in [0.29, 0.717) is 5.95 Å². The molecule has 6 heteroatoms. The van der Waals surface area contributed by atoms with Gasteiger partial charge < -0.3 is 4.74 Å².